The average Bonchev–Trinajstić information content (AvgIpc) is 2.61. The third-order valence-corrected chi connectivity index (χ3v) is 3.23. The Morgan fingerprint density at radius 1 is 1.28 bits per heavy atom. The van der Waals surface area contributed by atoms with Crippen LogP contribution in [-0.4, -0.2) is 36.4 Å². The number of carbonyl (C=O) groups is 1. The number of methoxy groups -OCH3 is 2. The fourth-order valence-electron chi connectivity index (χ4n) is 1.99. The third-order valence-electron chi connectivity index (χ3n) is 3.23. The lowest BCUT2D eigenvalue weighted by atomic mass is 10.1. The Balaban J connectivity index is 2.20. The van der Waals surface area contributed by atoms with Gasteiger partial charge in [-0.3, -0.25) is 14.9 Å². The second-order valence-corrected chi connectivity index (χ2v) is 4.77. The molecule has 0 saturated carbocycles. The number of phenols is 1. The summed E-state index contributed by atoms with van der Waals surface area (Å²) in [6.45, 7) is 0. The van der Waals surface area contributed by atoms with E-state index < -0.39 is 10.8 Å². The fourth-order valence-corrected chi connectivity index (χ4v) is 1.99. The zero-order valence-electron chi connectivity index (χ0n) is 13.4. The van der Waals surface area contributed by atoms with Gasteiger partial charge in [0.15, 0.2) is 11.5 Å². The first-order valence-electron chi connectivity index (χ1n) is 6.99. The van der Waals surface area contributed by atoms with Crippen LogP contribution in [0.1, 0.15) is 15.9 Å². The number of benzene rings is 2. The van der Waals surface area contributed by atoms with Gasteiger partial charge in [0.1, 0.15) is 5.75 Å². The Kier molecular flexibility index (Phi) is 5.51. The Hall–Kier alpha value is -3.62. The Morgan fingerprint density at radius 2 is 2.04 bits per heavy atom. The molecule has 25 heavy (non-hydrogen) atoms. The number of aromatic hydroxyl groups is 1. The normalized spacial score (nSPS) is 10.5. The van der Waals surface area contributed by atoms with Crippen LogP contribution in [0.15, 0.2) is 41.5 Å². The summed E-state index contributed by atoms with van der Waals surface area (Å²) in [6, 6.07) is 8.60. The highest BCUT2D eigenvalue weighted by atomic mass is 16.6. The van der Waals surface area contributed by atoms with Crippen molar-refractivity contribution in [2.24, 2.45) is 5.10 Å². The van der Waals surface area contributed by atoms with E-state index >= 15 is 0 Å². The molecule has 0 aliphatic carbocycles. The summed E-state index contributed by atoms with van der Waals surface area (Å²) < 4.78 is 9.86. The van der Waals surface area contributed by atoms with Gasteiger partial charge in [0.2, 0.25) is 0 Å². The first-order chi connectivity index (χ1) is 12.0. The SMILES string of the molecule is COc1cccc(C(=O)N/N=C/c2cc(O)c(OC)cc2[N+](=O)[O-])c1. The fraction of sp³-hybridized carbons (Fsp3) is 0.125. The van der Waals surface area contributed by atoms with E-state index in [-0.39, 0.29) is 22.7 Å². The minimum Gasteiger partial charge on any atom is -0.504 e. The summed E-state index contributed by atoms with van der Waals surface area (Å²) in [5.41, 5.74) is 2.24. The molecule has 0 bridgehead atoms. The lowest BCUT2D eigenvalue weighted by Gasteiger charge is -2.05. The number of nitrogens with one attached hydrogen (secondary N) is 1. The molecule has 0 aliphatic heterocycles. The van der Waals surface area contributed by atoms with Crippen LogP contribution in [0.5, 0.6) is 17.2 Å². The number of amides is 1. The molecule has 0 heterocycles. The second kappa shape index (κ2) is 7.77. The van der Waals surface area contributed by atoms with E-state index in [1.807, 2.05) is 0 Å². The van der Waals surface area contributed by atoms with Crippen molar-refractivity contribution in [1.29, 1.82) is 0 Å². The number of hydrazone groups is 1. The predicted octanol–water partition coefficient (Wildman–Crippen LogP) is 2.08. The number of nitro groups is 1. The van der Waals surface area contributed by atoms with Crippen molar-refractivity contribution in [2.45, 2.75) is 0 Å². The topological polar surface area (TPSA) is 123 Å². The largest absolute Gasteiger partial charge is 0.504 e. The molecule has 0 unspecified atom stereocenters. The maximum Gasteiger partial charge on any atom is 0.282 e. The molecule has 0 atom stereocenters. The van der Waals surface area contributed by atoms with E-state index in [2.05, 4.69) is 10.5 Å². The predicted molar refractivity (Wildman–Crippen MR) is 89.4 cm³/mol. The van der Waals surface area contributed by atoms with Crippen LogP contribution in [-0.2, 0) is 0 Å². The number of hydrogen-bond donors (Lipinski definition) is 2. The first-order valence-corrected chi connectivity index (χ1v) is 6.99. The molecule has 130 valence electrons. The summed E-state index contributed by atoms with van der Waals surface area (Å²) >= 11 is 0. The van der Waals surface area contributed by atoms with Crippen LogP contribution in [0.25, 0.3) is 0 Å². The van der Waals surface area contributed by atoms with Gasteiger partial charge in [-0.1, -0.05) is 6.07 Å². The molecule has 9 heteroatoms. The standard InChI is InChI=1S/C16H15N3O6/c1-24-12-5-3-4-10(6-12)16(21)18-17-9-11-7-14(20)15(25-2)8-13(11)19(22)23/h3-9,20H,1-2H3,(H,18,21)/b17-9+. The molecular weight excluding hydrogens is 330 g/mol. The summed E-state index contributed by atoms with van der Waals surface area (Å²) in [5.74, 6) is -0.333. The first kappa shape index (κ1) is 17.7. The van der Waals surface area contributed by atoms with Crippen LogP contribution in [0.2, 0.25) is 0 Å². The van der Waals surface area contributed by atoms with Crippen LogP contribution in [0.3, 0.4) is 0 Å². The van der Waals surface area contributed by atoms with Crippen molar-refractivity contribution in [1.82, 2.24) is 5.43 Å². The minimum atomic E-state index is -0.646. The van der Waals surface area contributed by atoms with E-state index in [0.29, 0.717) is 11.3 Å². The Bertz CT molecular complexity index is 835. The van der Waals surface area contributed by atoms with Crippen LogP contribution in [0, 0.1) is 10.1 Å². The summed E-state index contributed by atoms with van der Waals surface area (Å²) in [5, 5.41) is 24.5. The molecule has 0 aromatic heterocycles. The van der Waals surface area contributed by atoms with Crippen molar-refractivity contribution in [3.05, 3.63) is 57.6 Å². The second-order valence-electron chi connectivity index (χ2n) is 4.77. The van der Waals surface area contributed by atoms with Crippen molar-refractivity contribution in [3.8, 4) is 17.2 Å². The van der Waals surface area contributed by atoms with Crippen LogP contribution < -0.4 is 14.9 Å². The number of phenolic OH excluding ortho intramolecular Hbond substituents is 1. The van der Waals surface area contributed by atoms with E-state index in [1.165, 1.54) is 20.3 Å². The molecule has 0 radical (unpaired) electrons. The van der Waals surface area contributed by atoms with E-state index in [1.54, 1.807) is 18.2 Å². The average molecular weight is 345 g/mol. The van der Waals surface area contributed by atoms with Crippen molar-refractivity contribution in [2.75, 3.05) is 14.2 Å². The zero-order valence-corrected chi connectivity index (χ0v) is 13.4. The third kappa shape index (κ3) is 4.22. The van der Waals surface area contributed by atoms with Gasteiger partial charge in [-0.15, -0.1) is 0 Å². The highest BCUT2D eigenvalue weighted by Crippen LogP contribution is 2.32. The van der Waals surface area contributed by atoms with Gasteiger partial charge in [0.05, 0.1) is 37.0 Å². The van der Waals surface area contributed by atoms with E-state index in [9.17, 15) is 20.0 Å². The maximum absolute atomic E-state index is 12.0. The molecule has 0 aliphatic rings. The molecule has 0 saturated heterocycles. The molecule has 2 N–H and O–H groups in total. The van der Waals surface area contributed by atoms with Gasteiger partial charge in [-0.05, 0) is 24.3 Å². The van der Waals surface area contributed by atoms with Gasteiger partial charge in [0, 0.05) is 5.56 Å². The van der Waals surface area contributed by atoms with Gasteiger partial charge in [-0.2, -0.15) is 5.10 Å². The zero-order chi connectivity index (χ0) is 18.4. The summed E-state index contributed by atoms with van der Waals surface area (Å²) in [7, 11) is 2.76. The van der Waals surface area contributed by atoms with E-state index in [4.69, 9.17) is 9.47 Å². The van der Waals surface area contributed by atoms with Crippen molar-refractivity contribution < 1.29 is 24.3 Å². The Labute approximate surface area is 142 Å². The van der Waals surface area contributed by atoms with E-state index in [0.717, 1.165) is 18.3 Å². The number of nitrogens with zero attached hydrogens (tertiary/aromatic N) is 2. The lowest BCUT2D eigenvalue weighted by Crippen LogP contribution is -2.17. The number of ether oxygens (including phenoxy) is 2. The highest BCUT2D eigenvalue weighted by Gasteiger charge is 2.17. The summed E-state index contributed by atoms with van der Waals surface area (Å²) in [4.78, 5) is 22.5. The molecule has 2 rings (SSSR count). The highest BCUT2D eigenvalue weighted by molar-refractivity contribution is 5.95. The van der Waals surface area contributed by atoms with Crippen LogP contribution >= 0.6 is 0 Å². The van der Waals surface area contributed by atoms with Gasteiger partial charge < -0.3 is 14.6 Å². The van der Waals surface area contributed by atoms with Gasteiger partial charge >= 0.3 is 0 Å². The number of nitro benzene ring substituents is 1. The molecule has 0 spiro atoms. The minimum absolute atomic E-state index is 0.00856. The quantitative estimate of drug-likeness (QED) is 0.469. The van der Waals surface area contributed by atoms with Crippen molar-refractivity contribution >= 4 is 17.8 Å². The number of rotatable bonds is 6. The molecule has 1 amide bonds. The monoisotopic (exact) mass is 345 g/mol. The molecule has 9 nitrogen and oxygen atoms in total. The molecule has 0 fully saturated rings. The Morgan fingerprint density at radius 3 is 2.68 bits per heavy atom. The maximum atomic E-state index is 12.0. The lowest BCUT2D eigenvalue weighted by molar-refractivity contribution is -0.385. The van der Waals surface area contributed by atoms with Crippen molar-refractivity contribution in [3.63, 3.8) is 0 Å². The number of carbonyl (C=O) groups excluding carboxylic acids is 1. The van der Waals surface area contributed by atoms with Gasteiger partial charge in [-0.25, -0.2) is 5.43 Å². The smallest absolute Gasteiger partial charge is 0.282 e. The molecular formula is C16H15N3O6. The number of hydrogen-bond acceptors (Lipinski definition) is 7. The summed E-state index contributed by atoms with van der Waals surface area (Å²) in [6.07, 6.45) is 1.06. The van der Waals surface area contributed by atoms with Crippen LogP contribution in [0.4, 0.5) is 5.69 Å². The van der Waals surface area contributed by atoms with Gasteiger partial charge in [0.25, 0.3) is 11.6 Å². The molecule has 2 aromatic carbocycles. The molecule has 2 aromatic rings.